The molecule has 0 fully saturated rings. The third-order valence-corrected chi connectivity index (χ3v) is 2.90. The van der Waals surface area contributed by atoms with Gasteiger partial charge in [-0.15, -0.1) is 0 Å². The third kappa shape index (κ3) is 4.43. The van der Waals surface area contributed by atoms with E-state index in [1.54, 1.807) is 12.1 Å². The van der Waals surface area contributed by atoms with Gasteiger partial charge in [0, 0.05) is 25.3 Å². The van der Waals surface area contributed by atoms with E-state index >= 15 is 0 Å². The second-order valence-corrected chi connectivity index (χ2v) is 4.75. The summed E-state index contributed by atoms with van der Waals surface area (Å²) in [6, 6.07) is 4.60. The summed E-state index contributed by atoms with van der Waals surface area (Å²) < 4.78 is 13.9. The van der Waals surface area contributed by atoms with Crippen molar-refractivity contribution in [3.8, 4) is 0 Å². The van der Waals surface area contributed by atoms with Gasteiger partial charge in [0.1, 0.15) is 5.82 Å². The Morgan fingerprint density at radius 1 is 1.42 bits per heavy atom. The van der Waals surface area contributed by atoms with Crippen LogP contribution in [0.3, 0.4) is 0 Å². The van der Waals surface area contributed by atoms with Gasteiger partial charge < -0.3 is 15.5 Å². The van der Waals surface area contributed by atoms with Crippen molar-refractivity contribution in [1.82, 2.24) is 5.32 Å². The number of benzene rings is 1. The lowest BCUT2D eigenvalue weighted by Crippen LogP contribution is -2.29. The molecule has 0 atom stereocenters. The Labute approximate surface area is 114 Å². The summed E-state index contributed by atoms with van der Waals surface area (Å²) in [6.07, 6.45) is 0.861. The lowest BCUT2D eigenvalue weighted by Gasteiger charge is -2.24. The van der Waals surface area contributed by atoms with E-state index in [9.17, 15) is 9.18 Å². The Balaban J connectivity index is 2.74. The van der Waals surface area contributed by atoms with Gasteiger partial charge in [-0.2, -0.15) is 0 Å². The van der Waals surface area contributed by atoms with Gasteiger partial charge in [0.15, 0.2) is 0 Å². The largest absolute Gasteiger partial charge is 0.370 e. The second-order valence-electron chi connectivity index (χ2n) is 4.75. The zero-order chi connectivity index (χ0) is 14.4. The van der Waals surface area contributed by atoms with E-state index in [4.69, 9.17) is 0 Å². The molecule has 0 aliphatic carbocycles. The van der Waals surface area contributed by atoms with E-state index < -0.39 is 0 Å². The lowest BCUT2D eigenvalue weighted by molar-refractivity contribution is 0.252. The van der Waals surface area contributed by atoms with Crippen molar-refractivity contribution in [2.24, 2.45) is 0 Å². The summed E-state index contributed by atoms with van der Waals surface area (Å²) in [5.74, 6) is -0.343. The monoisotopic (exact) mass is 267 g/mol. The van der Waals surface area contributed by atoms with Crippen molar-refractivity contribution < 1.29 is 9.18 Å². The Morgan fingerprint density at radius 2 is 2.11 bits per heavy atom. The Hall–Kier alpha value is -1.78. The van der Waals surface area contributed by atoms with Gasteiger partial charge in [0.25, 0.3) is 0 Å². The normalized spacial score (nSPS) is 10.4. The number of nitrogens with one attached hydrogen (secondary N) is 2. The van der Waals surface area contributed by atoms with Crippen molar-refractivity contribution in [2.45, 2.75) is 33.2 Å². The molecule has 0 bridgehead atoms. The smallest absolute Gasteiger partial charge is 0.319 e. The molecule has 19 heavy (non-hydrogen) atoms. The highest BCUT2D eigenvalue weighted by Gasteiger charge is 2.11. The van der Waals surface area contributed by atoms with Crippen molar-refractivity contribution in [2.75, 3.05) is 23.8 Å². The van der Waals surface area contributed by atoms with Gasteiger partial charge in [0.05, 0.1) is 5.69 Å². The summed E-state index contributed by atoms with van der Waals surface area (Å²) in [6.45, 7) is 6.55. The molecule has 5 heteroatoms. The van der Waals surface area contributed by atoms with E-state index in [1.807, 2.05) is 32.7 Å². The predicted molar refractivity (Wildman–Crippen MR) is 77.3 cm³/mol. The molecule has 0 saturated heterocycles. The number of halogens is 1. The Bertz CT molecular complexity index is 435. The highest BCUT2D eigenvalue weighted by Crippen LogP contribution is 2.23. The number of hydrogen-bond acceptors (Lipinski definition) is 2. The molecule has 0 aliphatic rings. The van der Waals surface area contributed by atoms with Crippen LogP contribution in [0.5, 0.6) is 0 Å². The number of carbonyl (C=O) groups excluding carboxylic acids is 1. The van der Waals surface area contributed by atoms with Crippen molar-refractivity contribution in [1.29, 1.82) is 0 Å². The highest BCUT2D eigenvalue weighted by atomic mass is 19.1. The van der Waals surface area contributed by atoms with Crippen LogP contribution in [0, 0.1) is 5.82 Å². The van der Waals surface area contributed by atoms with E-state index in [-0.39, 0.29) is 17.9 Å². The minimum Gasteiger partial charge on any atom is -0.370 e. The summed E-state index contributed by atoms with van der Waals surface area (Å²) in [7, 11) is 1.84. The molecule has 4 nitrogen and oxygen atoms in total. The first kappa shape index (κ1) is 15.3. The molecule has 0 aromatic heterocycles. The average molecular weight is 267 g/mol. The summed E-state index contributed by atoms with van der Waals surface area (Å²) in [5.41, 5.74) is 0.974. The molecule has 1 rings (SSSR count). The zero-order valence-electron chi connectivity index (χ0n) is 12.0. The number of rotatable bonds is 5. The van der Waals surface area contributed by atoms with Gasteiger partial charge in [0.2, 0.25) is 0 Å². The zero-order valence-corrected chi connectivity index (χ0v) is 12.0. The van der Waals surface area contributed by atoms with Crippen molar-refractivity contribution in [3.05, 3.63) is 24.0 Å². The van der Waals surface area contributed by atoms with Crippen LogP contribution in [0.1, 0.15) is 27.2 Å². The SMILES string of the molecule is CCCNC(=O)Nc1ccc(N(C)C(C)C)c(F)c1. The molecule has 106 valence electrons. The van der Waals surface area contributed by atoms with Crippen LogP contribution in [0.15, 0.2) is 18.2 Å². The summed E-state index contributed by atoms with van der Waals surface area (Å²) in [5, 5.41) is 5.28. The maximum atomic E-state index is 13.9. The van der Waals surface area contributed by atoms with Crippen LogP contribution in [0.4, 0.5) is 20.6 Å². The molecule has 1 aromatic carbocycles. The fourth-order valence-electron chi connectivity index (χ4n) is 1.56. The van der Waals surface area contributed by atoms with Crippen LogP contribution in [-0.4, -0.2) is 25.7 Å². The first-order valence-corrected chi connectivity index (χ1v) is 6.53. The van der Waals surface area contributed by atoms with Gasteiger partial charge in [-0.1, -0.05) is 6.92 Å². The van der Waals surface area contributed by atoms with E-state index in [0.717, 1.165) is 6.42 Å². The topological polar surface area (TPSA) is 44.4 Å². The molecular weight excluding hydrogens is 245 g/mol. The Kier molecular flexibility index (Phi) is 5.60. The maximum absolute atomic E-state index is 13.9. The molecule has 0 heterocycles. The van der Waals surface area contributed by atoms with Crippen LogP contribution in [0.25, 0.3) is 0 Å². The van der Waals surface area contributed by atoms with E-state index in [1.165, 1.54) is 6.07 Å². The molecule has 0 saturated carbocycles. The number of hydrogen-bond donors (Lipinski definition) is 2. The van der Waals surface area contributed by atoms with E-state index in [0.29, 0.717) is 17.9 Å². The van der Waals surface area contributed by atoms with Crippen molar-refractivity contribution >= 4 is 17.4 Å². The Morgan fingerprint density at radius 3 is 2.63 bits per heavy atom. The standard InChI is InChI=1S/C14H22FN3O/c1-5-8-16-14(19)17-11-6-7-13(12(15)9-11)18(4)10(2)3/h6-7,9-10H,5,8H2,1-4H3,(H2,16,17,19). The quantitative estimate of drug-likeness (QED) is 0.860. The molecule has 0 aliphatic heterocycles. The molecule has 0 radical (unpaired) electrons. The summed E-state index contributed by atoms with van der Waals surface area (Å²) in [4.78, 5) is 13.3. The first-order chi connectivity index (χ1) is 8.95. The summed E-state index contributed by atoms with van der Waals surface area (Å²) >= 11 is 0. The molecule has 2 N–H and O–H groups in total. The van der Waals surface area contributed by atoms with Crippen LogP contribution >= 0.6 is 0 Å². The molecule has 2 amide bonds. The van der Waals surface area contributed by atoms with Crippen molar-refractivity contribution in [3.63, 3.8) is 0 Å². The van der Waals surface area contributed by atoms with Gasteiger partial charge >= 0.3 is 6.03 Å². The second kappa shape index (κ2) is 6.97. The fraction of sp³-hybridized carbons (Fsp3) is 0.500. The van der Waals surface area contributed by atoms with Crippen LogP contribution in [0.2, 0.25) is 0 Å². The molecule has 1 aromatic rings. The highest BCUT2D eigenvalue weighted by molar-refractivity contribution is 5.89. The lowest BCUT2D eigenvalue weighted by atomic mass is 10.2. The number of anilines is 2. The van der Waals surface area contributed by atoms with Gasteiger partial charge in [-0.25, -0.2) is 9.18 Å². The van der Waals surface area contributed by atoms with Crippen LogP contribution < -0.4 is 15.5 Å². The van der Waals surface area contributed by atoms with E-state index in [2.05, 4.69) is 10.6 Å². The van der Waals surface area contributed by atoms with Gasteiger partial charge in [-0.3, -0.25) is 0 Å². The molecule has 0 spiro atoms. The number of nitrogens with zero attached hydrogens (tertiary/aromatic N) is 1. The number of urea groups is 1. The average Bonchev–Trinajstić information content (AvgIpc) is 2.35. The molecular formula is C14H22FN3O. The minimum absolute atomic E-state index is 0.209. The third-order valence-electron chi connectivity index (χ3n) is 2.90. The van der Waals surface area contributed by atoms with Crippen LogP contribution in [-0.2, 0) is 0 Å². The molecule has 0 unspecified atom stereocenters. The van der Waals surface area contributed by atoms with Gasteiger partial charge in [-0.05, 0) is 38.5 Å². The minimum atomic E-state index is -0.343. The number of carbonyl (C=O) groups is 1. The number of amides is 2. The first-order valence-electron chi connectivity index (χ1n) is 6.53. The fourth-order valence-corrected chi connectivity index (χ4v) is 1.56. The predicted octanol–water partition coefficient (Wildman–Crippen LogP) is 3.20. The maximum Gasteiger partial charge on any atom is 0.319 e.